The number of aldehydes is 1. The summed E-state index contributed by atoms with van der Waals surface area (Å²) in [7, 11) is 0. The summed E-state index contributed by atoms with van der Waals surface area (Å²) in [5.41, 5.74) is 0. The highest BCUT2D eigenvalue weighted by Gasteiger charge is 1.96. The fraction of sp³-hybridized carbons (Fsp3) is 0. The van der Waals surface area contributed by atoms with E-state index in [1.807, 2.05) is 30.3 Å². The molecule has 1 heterocycles. The van der Waals surface area contributed by atoms with Crippen LogP contribution in [0.2, 0.25) is 0 Å². The molecule has 2 heteroatoms. The van der Waals surface area contributed by atoms with E-state index < -0.39 is 0 Å². The maximum Gasteiger partial charge on any atom is 0.193 e. The van der Waals surface area contributed by atoms with Crippen molar-refractivity contribution < 1.29 is 4.79 Å². The van der Waals surface area contributed by atoms with Crippen LogP contribution in [-0.2, 0) is 4.79 Å². The number of hydrogen-bond acceptors (Lipinski definition) is 2. The molecule has 0 unspecified atom stereocenters. The summed E-state index contributed by atoms with van der Waals surface area (Å²) >= 11 is 1.60. The van der Waals surface area contributed by atoms with Crippen molar-refractivity contribution in [2.75, 3.05) is 0 Å². The number of rotatable bonds is 0. The molecule has 0 aliphatic heterocycles. The predicted octanol–water partition coefficient (Wildman–Crippen LogP) is 2.45. The third-order valence-electron chi connectivity index (χ3n) is 1.68. The fourth-order valence-electron chi connectivity index (χ4n) is 1.14. The number of thiophene rings is 1. The van der Waals surface area contributed by atoms with Crippen LogP contribution in [0.5, 0.6) is 0 Å². The van der Waals surface area contributed by atoms with E-state index in [4.69, 9.17) is 0 Å². The molecule has 0 saturated heterocycles. The van der Waals surface area contributed by atoms with E-state index in [0.29, 0.717) is 6.29 Å². The van der Waals surface area contributed by atoms with Crippen molar-refractivity contribution in [1.82, 2.24) is 0 Å². The van der Waals surface area contributed by atoms with Gasteiger partial charge in [-0.25, -0.2) is 0 Å². The number of fused-ring (bicyclic) bond motifs is 1. The van der Waals surface area contributed by atoms with E-state index in [9.17, 15) is 4.79 Å². The monoisotopic (exact) mass is 186 g/mol. The third-order valence-corrected chi connectivity index (χ3v) is 2.71. The first-order valence-electron chi connectivity index (χ1n) is 3.84. The Morgan fingerprint density at radius 1 is 1.31 bits per heavy atom. The summed E-state index contributed by atoms with van der Waals surface area (Å²) in [6.45, 7) is 0. The lowest BCUT2D eigenvalue weighted by Gasteiger charge is -1.82. The summed E-state index contributed by atoms with van der Waals surface area (Å²) in [4.78, 5) is 11.0. The smallest absolute Gasteiger partial charge is 0.193 e. The molecule has 2 aromatic rings. The van der Waals surface area contributed by atoms with E-state index in [-0.39, 0.29) is 0 Å². The highest BCUT2D eigenvalue weighted by Crippen LogP contribution is 2.24. The first-order valence-corrected chi connectivity index (χ1v) is 4.65. The molecule has 62 valence electrons. The lowest BCUT2D eigenvalue weighted by atomic mass is 10.2. The molecule has 2 rings (SSSR count). The number of benzene rings is 1. The zero-order valence-electron chi connectivity index (χ0n) is 6.78. The molecule has 1 aromatic carbocycles. The van der Waals surface area contributed by atoms with Gasteiger partial charge in [0.2, 0.25) is 0 Å². The molecule has 0 amide bonds. The zero-order valence-corrected chi connectivity index (χ0v) is 7.60. The van der Waals surface area contributed by atoms with Crippen LogP contribution < -0.4 is 0 Å². The molecular weight excluding hydrogens is 180 g/mol. The van der Waals surface area contributed by atoms with Gasteiger partial charge in [0.05, 0.1) is 4.88 Å². The lowest BCUT2D eigenvalue weighted by molar-refractivity contribution is -0.103. The fourth-order valence-corrected chi connectivity index (χ4v) is 2.07. The molecular formula is C11H6OS. The van der Waals surface area contributed by atoms with Gasteiger partial charge >= 0.3 is 0 Å². The van der Waals surface area contributed by atoms with Gasteiger partial charge in [-0.15, -0.1) is 11.3 Å². The summed E-state index contributed by atoms with van der Waals surface area (Å²) in [5, 5.41) is 1.18. The van der Waals surface area contributed by atoms with Crippen molar-refractivity contribution in [1.29, 1.82) is 0 Å². The highest BCUT2D eigenvalue weighted by atomic mass is 32.1. The molecule has 1 nitrogen and oxygen atoms in total. The van der Waals surface area contributed by atoms with E-state index in [1.54, 1.807) is 11.3 Å². The normalized spacial score (nSPS) is 9.23. The molecule has 0 bridgehead atoms. The number of carbonyl (C=O) groups is 1. The summed E-state index contributed by atoms with van der Waals surface area (Å²) in [5.74, 6) is 5.19. The van der Waals surface area contributed by atoms with Gasteiger partial charge in [-0.2, -0.15) is 0 Å². The number of hydrogen-bond donors (Lipinski definition) is 0. The Kier molecular flexibility index (Phi) is 2.11. The lowest BCUT2D eigenvalue weighted by Crippen LogP contribution is -1.61. The van der Waals surface area contributed by atoms with Crippen LogP contribution in [0.25, 0.3) is 10.1 Å². The molecule has 1 aromatic heterocycles. The Labute approximate surface area is 80.0 Å². The molecule has 0 spiro atoms. The minimum atomic E-state index is 0.615. The average molecular weight is 186 g/mol. The van der Waals surface area contributed by atoms with Crippen LogP contribution in [0.15, 0.2) is 30.3 Å². The Morgan fingerprint density at radius 3 is 2.92 bits per heavy atom. The van der Waals surface area contributed by atoms with Crippen molar-refractivity contribution in [3.8, 4) is 11.8 Å². The Morgan fingerprint density at radius 2 is 2.15 bits per heavy atom. The molecule has 0 radical (unpaired) electrons. The largest absolute Gasteiger partial charge is 0.289 e. The Hall–Kier alpha value is -1.59. The second-order valence-corrected chi connectivity index (χ2v) is 3.62. The maximum absolute atomic E-state index is 10.0. The van der Waals surface area contributed by atoms with Crippen LogP contribution in [-0.4, -0.2) is 6.29 Å². The second kappa shape index (κ2) is 3.42. The predicted molar refractivity (Wildman–Crippen MR) is 54.8 cm³/mol. The molecule has 13 heavy (non-hydrogen) atoms. The molecule has 0 aliphatic rings. The first kappa shape index (κ1) is 8.03. The molecule has 0 fully saturated rings. The average Bonchev–Trinajstić information content (AvgIpc) is 2.57. The minimum Gasteiger partial charge on any atom is -0.289 e. The third kappa shape index (κ3) is 1.61. The quantitative estimate of drug-likeness (QED) is 0.456. The topological polar surface area (TPSA) is 17.1 Å². The summed E-state index contributed by atoms with van der Waals surface area (Å²) < 4.78 is 1.21. The van der Waals surface area contributed by atoms with Gasteiger partial charge in [-0.05, 0) is 29.4 Å². The minimum absolute atomic E-state index is 0.615. The summed E-state index contributed by atoms with van der Waals surface area (Å²) in [6, 6.07) is 10.1. The Bertz CT molecular complexity index is 466. The molecule has 0 saturated carbocycles. The highest BCUT2D eigenvalue weighted by molar-refractivity contribution is 7.19. The van der Waals surface area contributed by atoms with Gasteiger partial charge in [0.15, 0.2) is 6.29 Å². The van der Waals surface area contributed by atoms with E-state index >= 15 is 0 Å². The van der Waals surface area contributed by atoms with Crippen LogP contribution in [0.4, 0.5) is 0 Å². The van der Waals surface area contributed by atoms with Crippen LogP contribution in [0.1, 0.15) is 4.88 Å². The SMILES string of the molecule is O=CC#Cc1cc2ccccc2s1. The van der Waals surface area contributed by atoms with Gasteiger partial charge in [0, 0.05) is 4.70 Å². The second-order valence-electron chi connectivity index (χ2n) is 2.54. The molecule has 0 N–H and O–H groups in total. The van der Waals surface area contributed by atoms with Gasteiger partial charge in [-0.3, -0.25) is 4.79 Å². The van der Waals surface area contributed by atoms with Crippen LogP contribution in [0, 0.1) is 11.8 Å². The van der Waals surface area contributed by atoms with Gasteiger partial charge in [0.1, 0.15) is 0 Å². The Balaban J connectivity index is 2.55. The van der Waals surface area contributed by atoms with Gasteiger partial charge in [-0.1, -0.05) is 18.2 Å². The standard InChI is InChI=1S/C11H6OS/c12-7-3-5-10-8-9-4-1-2-6-11(9)13-10/h1-2,4,6-8H. The van der Waals surface area contributed by atoms with E-state index in [2.05, 4.69) is 11.8 Å². The maximum atomic E-state index is 10.0. The first-order chi connectivity index (χ1) is 6.40. The molecule has 0 atom stereocenters. The van der Waals surface area contributed by atoms with Gasteiger partial charge < -0.3 is 0 Å². The van der Waals surface area contributed by atoms with E-state index in [1.165, 1.54) is 10.1 Å². The van der Waals surface area contributed by atoms with E-state index in [0.717, 1.165) is 4.88 Å². The van der Waals surface area contributed by atoms with Crippen molar-refractivity contribution in [3.63, 3.8) is 0 Å². The van der Waals surface area contributed by atoms with Crippen LogP contribution in [0.3, 0.4) is 0 Å². The van der Waals surface area contributed by atoms with Crippen molar-refractivity contribution >= 4 is 27.7 Å². The van der Waals surface area contributed by atoms with Crippen molar-refractivity contribution in [2.24, 2.45) is 0 Å². The van der Waals surface area contributed by atoms with Crippen molar-refractivity contribution in [2.45, 2.75) is 0 Å². The molecule has 0 aliphatic carbocycles. The van der Waals surface area contributed by atoms with Crippen molar-refractivity contribution in [3.05, 3.63) is 35.2 Å². The zero-order chi connectivity index (χ0) is 9.10. The van der Waals surface area contributed by atoms with Gasteiger partial charge in [0.25, 0.3) is 0 Å². The van der Waals surface area contributed by atoms with Crippen LogP contribution >= 0.6 is 11.3 Å². The number of carbonyl (C=O) groups excluding carboxylic acids is 1. The summed E-state index contributed by atoms with van der Waals surface area (Å²) in [6.07, 6.45) is 0.615.